The molecule has 0 aliphatic heterocycles. The van der Waals surface area contributed by atoms with Crippen molar-refractivity contribution < 1.29 is 9.53 Å². The molecule has 0 fully saturated rings. The van der Waals surface area contributed by atoms with Gasteiger partial charge in [0, 0.05) is 18.2 Å². The highest BCUT2D eigenvalue weighted by atomic mass is 16.5. The molecule has 4 aromatic rings. The van der Waals surface area contributed by atoms with Gasteiger partial charge in [0.25, 0.3) is 0 Å². The van der Waals surface area contributed by atoms with E-state index in [1.807, 2.05) is 53.9 Å². The van der Waals surface area contributed by atoms with Crippen molar-refractivity contribution in [3.63, 3.8) is 0 Å². The van der Waals surface area contributed by atoms with E-state index >= 15 is 0 Å². The number of carbonyl (C=O) groups is 1. The molecule has 0 unspecified atom stereocenters. The lowest BCUT2D eigenvalue weighted by atomic mass is 9.82. The number of carbonyl (C=O) groups excluding carboxylic acids is 1. The minimum Gasteiger partial charge on any atom is -0.497 e. The molecule has 0 N–H and O–H groups in total. The highest BCUT2D eigenvalue weighted by Gasteiger charge is 2.30. The number of benzene rings is 2. The number of nitrogens with zero attached hydrogens (tertiary/aromatic N) is 3. The Balaban J connectivity index is 1.62. The molecule has 0 saturated carbocycles. The van der Waals surface area contributed by atoms with Crippen molar-refractivity contribution >= 4 is 11.4 Å². The van der Waals surface area contributed by atoms with Gasteiger partial charge in [-0.15, -0.1) is 0 Å². The van der Waals surface area contributed by atoms with Gasteiger partial charge in [0.2, 0.25) is 0 Å². The van der Waals surface area contributed by atoms with E-state index in [0.29, 0.717) is 12.0 Å². The molecule has 0 bridgehead atoms. The summed E-state index contributed by atoms with van der Waals surface area (Å²) in [5, 5.41) is 4.77. The number of fused-ring (bicyclic) bond motifs is 3. The van der Waals surface area contributed by atoms with Gasteiger partial charge in [-0.05, 0) is 42.5 Å². The highest BCUT2D eigenvalue weighted by Crippen LogP contribution is 2.35. The van der Waals surface area contributed by atoms with Crippen molar-refractivity contribution in [2.24, 2.45) is 0 Å². The van der Waals surface area contributed by atoms with E-state index in [1.54, 1.807) is 13.3 Å². The lowest BCUT2D eigenvalue weighted by Gasteiger charge is -2.24. The zero-order chi connectivity index (χ0) is 20.0. The Labute approximate surface area is 169 Å². The normalized spacial score (nSPS) is 16.1. The van der Waals surface area contributed by atoms with Gasteiger partial charge in [-0.1, -0.05) is 42.5 Å². The number of hydrogen-bond donors (Lipinski definition) is 0. The Hall–Kier alpha value is -3.47. The SMILES string of the molecule is COc1ccc([C@@H]2CC(=O)c3cnc4c(-c5ccccc5)c(C)nn4c3C2)cc1. The van der Waals surface area contributed by atoms with Crippen LogP contribution in [0.3, 0.4) is 0 Å². The summed E-state index contributed by atoms with van der Waals surface area (Å²) in [4.78, 5) is 17.5. The highest BCUT2D eigenvalue weighted by molar-refractivity contribution is 5.99. The number of ketones is 1. The van der Waals surface area contributed by atoms with Crippen molar-refractivity contribution in [1.82, 2.24) is 14.6 Å². The monoisotopic (exact) mass is 383 g/mol. The Morgan fingerprint density at radius 2 is 1.79 bits per heavy atom. The van der Waals surface area contributed by atoms with Crippen LogP contribution in [0.5, 0.6) is 5.75 Å². The maximum atomic E-state index is 12.9. The summed E-state index contributed by atoms with van der Waals surface area (Å²) in [5.41, 5.74) is 6.59. The molecular weight excluding hydrogens is 362 g/mol. The largest absolute Gasteiger partial charge is 0.497 e. The van der Waals surface area contributed by atoms with Crippen LogP contribution in [0, 0.1) is 6.92 Å². The van der Waals surface area contributed by atoms with Gasteiger partial charge >= 0.3 is 0 Å². The Morgan fingerprint density at radius 3 is 2.52 bits per heavy atom. The Bertz CT molecular complexity index is 1210. The van der Waals surface area contributed by atoms with Gasteiger partial charge in [-0.2, -0.15) is 5.10 Å². The van der Waals surface area contributed by atoms with Crippen LogP contribution in [-0.2, 0) is 6.42 Å². The first-order valence-electron chi connectivity index (χ1n) is 9.75. The number of aryl methyl sites for hydroxylation is 1. The average molecular weight is 383 g/mol. The topological polar surface area (TPSA) is 56.5 Å². The maximum Gasteiger partial charge on any atom is 0.166 e. The van der Waals surface area contributed by atoms with Crippen LogP contribution in [0.1, 0.15) is 39.6 Å². The van der Waals surface area contributed by atoms with E-state index in [9.17, 15) is 4.79 Å². The summed E-state index contributed by atoms with van der Waals surface area (Å²) in [6.07, 6.45) is 2.96. The quantitative estimate of drug-likeness (QED) is 0.518. The summed E-state index contributed by atoms with van der Waals surface area (Å²) in [7, 11) is 1.66. The van der Waals surface area contributed by atoms with Crippen LogP contribution >= 0.6 is 0 Å². The minimum absolute atomic E-state index is 0.121. The zero-order valence-electron chi connectivity index (χ0n) is 16.4. The van der Waals surface area contributed by atoms with Crippen molar-refractivity contribution in [1.29, 1.82) is 0 Å². The van der Waals surface area contributed by atoms with Crippen molar-refractivity contribution in [3.8, 4) is 16.9 Å². The predicted molar refractivity (Wildman–Crippen MR) is 112 cm³/mol. The molecule has 1 aliphatic rings. The molecule has 29 heavy (non-hydrogen) atoms. The number of hydrogen-bond acceptors (Lipinski definition) is 4. The Morgan fingerprint density at radius 1 is 1.03 bits per heavy atom. The molecular formula is C24H21N3O2. The first kappa shape index (κ1) is 17.6. The van der Waals surface area contributed by atoms with Gasteiger partial charge in [-0.3, -0.25) is 4.79 Å². The molecule has 2 aromatic carbocycles. The fraction of sp³-hybridized carbons (Fsp3) is 0.208. The van der Waals surface area contributed by atoms with Crippen LogP contribution < -0.4 is 4.74 Å². The fourth-order valence-corrected chi connectivity index (χ4v) is 4.26. The summed E-state index contributed by atoms with van der Waals surface area (Å²) in [6.45, 7) is 2.00. The van der Waals surface area contributed by atoms with Crippen LogP contribution in [0.4, 0.5) is 0 Å². The maximum absolute atomic E-state index is 12.9. The molecule has 144 valence electrons. The van der Waals surface area contributed by atoms with E-state index in [-0.39, 0.29) is 11.7 Å². The summed E-state index contributed by atoms with van der Waals surface area (Å²) >= 11 is 0. The van der Waals surface area contributed by atoms with Gasteiger partial charge in [0.15, 0.2) is 11.4 Å². The lowest BCUT2D eigenvalue weighted by Crippen LogP contribution is -2.22. The second-order valence-electron chi connectivity index (χ2n) is 7.48. The summed E-state index contributed by atoms with van der Waals surface area (Å²) in [6, 6.07) is 18.1. The van der Waals surface area contributed by atoms with E-state index in [1.165, 1.54) is 0 Å². The van der Waals surface area contributed by atoms with Gasteiger partial charge in [0.05, 0.1) is 24.1 Å². The molecule has 2 aromatic heterocycles. The molecule has 0 saturated heterocycles. The number of Topliss-reactive ketones (excluding diaryl/α,β-unsaturated/α-hetero) is 1. The molecule has 0 spiro atoms. The third-order valence-corrected chi connectivity index (χ3v) is 5.74. The van der Waals surface area contributed by atoms with Crippen LogP contribution in [0.2, 0.25) is 0 Å². The number of ether oxygens (including phenoxy) is 1. The first-order chi connectivity index (χ1) is 14.2. The van der Waals surface area contributed by atoms with E-state index in [2.05, 4.69) is 17.1 Å². The number of methoxy groups -OCH3 is 1. The van der Waals surface area contributed by atoms with E-state index < -0.39 is 0 Å². The van der Waals surface area contributed by atoms with Crippen molar-refractivity contribution in [2.75, 3.05) is 7.11 Å². The standard InChI is InChI=1S/C24H21N3O2/c1-15-23(17-6-4-3-5-7-17)24-25-14-20-21(27(24)26-15)12-18(13-22(20)28)16-8-10-19(29-2)11-9-16/h3-11,14,18H,12-13H2,1-2H3/t18-/m0/s1. The van der Waals surface area contributed by atoms with Gasteiger partial charge in [-0.25, -0.2) is 9.50 Å². The number of rotatable bonds is 3. The van der Waals surface area contributed by atoms with Crippen LogP contribution in [0.15, 0.2) is 60.8 Å². The second-order valence-corrected chi connectivity index (χ2v) is 7.48. The molecule has 0 amide bonds. The molecule has 0 radical (unpaired) electrons. The average Bonchev–Trinajstić information content (AvgIpc) is 3.10. The lowest BCUT2D eigenvalue weighted by molar-refractivity contribution is 0.0962. The third kappa shape index (κ3) is 2.90. The predicted octanol–water partition coefficient (Wildman–Crippen LogP) is 4.63. The van der Waals surface area contributed by atoms with E-state index in [4.69, 9.17) is 9.84 Å². The van der Waals surface area contributed by atoms with Crippen molar-refractivity contribution in [2.45, 2.75) is 25.7 Å². The van der Waals surface area contributed by atoms with Crippen LogP contribution in [-0.4, -0.2) is 27.5 Å². The molecule has 5 heteroatoms. The zero-order valence-corrected chi connectivity index (χ0v) is 16.4. The molecule has 1 aliphatic carbocycles. The minimum atomic E-state index is 0.121. The van der Waals surface area contributed by atoms with Gasteiger partial charge in [0.1, 0.15) is 5.75 Å². The Kier molecular flexibility index (Phi) is 4.16. The number of aromatic nitrogens is 3. The third-order valence-electron chi connectivity index (χ3n) is 5.74. The van der Waals surface area contributed by atoms with Crippen molar-refractivity contribution in [3.05, 3.63) is 83.3 Å². The summed E-state index contributed by atoms with van der Waals surface area (Å²) < 4.78 is 7.14. The van der Waals surface area contributed by atoms with E-state index in [0.717, 1.165) is 45.9 Å². The van der Waals surface area contributed by atoms with Gasteiger partial charge < -0.3 is 4.74 Å². The fourth-order valence-electron chi connectivity index (χ4n) is 4.26. The summed E-state index contributed by atoms with van der Waals surface area (Å²) in [5.74, 6) is 1.06. The molecule has 1 atom stereocenters. The molecule has 5 nitrogen and oxygen atoms in total. The van der Waals surface area contributed by atoms with Crippen LogP contribution in [0.25, 0.3) is 16.8 Å². The smallest absolute Gasteiger partial charge is 0.166 e. The molecule has 2 heterocycles. The first-order valence-corrected chi connectivity index (χ1v) is 9.75. The second kappa shape index (κ2) is 6.85. The molecule has 5 rings (SSSR count).